The zero-order valence-corrected chi connectivity index (χ0v) is 28.8. The summed E-state index contributed by atoms with van der Waals surface area (Å²) in [5, 5.41) is 1.78. The number of hydrogen-bond donors (Lipinski definition) is 0. The summed E-state index contributed by atoms with van der Waals surface area (Å²) in [6.45, 7) is 7.12. The highest BCUT2D eigenvalue weighted by atomic mass is 79.9. The van der Waals surface area contributed by atoms with Gasteiger partial charge in [-0.15, -0.1) is 0 Å². The first kappa shape index (κ1) is 31.7. The minimum Gasteiger partial charge on any atom is -0.274 e. The van der Waals surface area contributed by atoms with Gasteiger partial charge in [-0.1, -0.05) is 131 Å². The molecule has 0 saturated carbocycles. The summed E-state index contributed by atoms with van der Waals surface area (Å²) in [4.78, 5) is 28.5. The lowest BCUT2D eigenvalue weighted by molar-refractivity contribution is 0.0608. The highest BCUT2D eigenvalue weighted by molar-refractivity contribution is 9.10. The van der Waals surface area contributed by atoms with Crippen LogP contribution >= 0.6 is 15.9 Å². The Hall–Kier alpha value is -3.24. The lowest BCUT2D eigenvalue weighted by Crippen LogP contribution is -2.40. The maximum atomic E-state index is 13.6. The quantitative estimate of drug-likeness (QED) is 0.0994. The standard InChI is InChI=1S/C41H46BrNO2/c1-4-7-10-12-23-41(24-13-11-8-5-2)36-26-28(17-19-31(36)32-20-18-29(42)27-37(32)41)30-21-22-35-38-33(30)15-14-16-34(38)39(44)43(40(35)45)25-9-6-3/h14-22,26-27H,4-13,23-25H2,1-3H3. The first-order valence-electron chi connectivity index (χ1n) is 17.3. The number of benzene rings is 4. The summed E-state index contributed by atoms with van der Waals surface area (Å²) in [7, 11) is 0. The molecule has 0 fully saturated rings. The van der Waals surface area contributed by atoms with Gasteiger partial charge < -0.3 is 0 Å². The average molecular weight is 665 g/mol. The molecule has 0 atom stereocenters. The molecule has 2 amide bonds. The van der Waals surface area contributed by atoms with Gasteiger partial charge in [-0.05, 0) is 88.4 Å². The molecule has 1 aliphatic heterocycles. The summed E-state index contributed by atoms with van der Waals surface area (Å²) in [5.74, 6) is -0.339. The number of rotatable bonds is 14. The lowest BCUT2D eigenvalue weighted by atomic mass is 9.70. The molecular weight excluding hydrogens is 618 g/mol. The van der Waals surface area contributed by atoms with E-state index >= 15 is 0 Å². The second-order valence-electron chi connectivity index (χ2n) is 13.2. The molecule has 1 aliphatic carbocycles. The molecule has 0 spiro atoms. The molecule has 0 N–H and O–H groups in total. The Kier molecular flexibility index (Phi) is 9.61. The number of fused-ring (bicyclic) bond motifs is 3. The van der Waals surface area contributed by atoms with Crippen molar-refractivity contribution in [3.05, 3.63) is 93.5 Å². The third-order valence-electron chi connectivity index (χ3n) is 10.3. The number of carbonyl (C=O) groups excluding carboxylic acids is 2. The largest absolute Gasteiger partial charge is 0.274 e. The summed E-state index contributed by atoms with van der Waals surface area (Å²) < 4.78 is 1.15. The molecule has 0 unspecified atom stereocenters. The zero-order chi connectivity index (χ0) is 31.6. The predicted octanol–water partition coefficient (Wildman–Crippen LogP) is 11.9. The van der Waals surface area contributed by atoms with E-state index in [-0.39, 0.29) is 17.2 Å². The lowest BCUT2D eigenvalue weighted by Gasteiger charge is -2.33. The first-order chi connectivity index (χ1) is 21.9. The van der Waals surface area contributed by atoms with E-state index in [1.807, 2.05) is 18.2 Å². The SMILES string of the molecule is CCCCCCC1(CCCCCC)c2cc(Br)ccc2-c2ccc(-c3ccc4c5c(cccc35)C(=O)N(CCCC)C4=O)cc21. The van der Waals surface area contributed by atoms with Crippen LogP contribution in [0.2, 0.25) is 0 Å². The van der Waals surface area contributed by atoms with E-state index in [0.717, 1.165) is 52.1 Å². The van der Waals surface area contributed by atoms with Gasteiger partial charge in [0.15, 0.2) is 0 Å². The van der Waals surface area contributed by atoms with Crippen LogP contribution in [-0.4, -0.2) is 23.3 Å². The van der Waals surface area contributed by atoms with Crippen LogP contribution in [0.5, 0.6) is 0 Å². The van der Waals surface area contributed by atoms with Crippen molar-refractivity contribution in [2.75, 3.05) is 6.54 Å². The van der Waals surface area contributed by atoms with Crippen LogP contribution in [0.4, 0.5) is 0 Å². The molecule has 45 heavy (non-hydrogen) atoms. The van der Waals surface area contributed by atoms with Gasteiger partial charge in [0.25, 0.3) is 11.8 Å². The molecule has 0 aromatic heterocycles. The van der Waals surface area contributed by atoms with Gasteiger partial charge in [0.2, 0.25) is 0 Å². The second kappa shape index (κ2) is 13.6. The van der Waals surface area contributed by atoms with Crippen LogP contribution < -0.4 is 0 Å². The smallest absolute Gasteiger partial charge is 0.261 e. The maximum absolute atomic E-state index is 13.6. The maximum Gasteiger partial charge on any atom is 0.261 e. The number of amides is 2. The highest BCUT2D eigenvalue weighted by Gasteiger charge is 2.42. The van der Waals surface area contributed by atoms with Crippen molar-refractivity contribution < 1.29 is 9.59 Å². The zero-order valence-electron chi connectivity index (χ0n) is 27.2. The monoisotopic (exact) mass is 663 g/mol. The third-order valence-corrected chi connectivity index (χ3v) is 10.8. The topological polar surface area (TPSA) is 37.4 Å². The summed E-state index contributed by atoms with van der Waals surface area (Å²) in [6, 6.07) is 23.9. The minimum atomic E-state index is -0.170. The molecule has 1 heterocycles. The molecule has 4 aromatic carbocycles. The Labute approximate surface area is 277 Å². The van der Waals surface area contributed by atoms with Gasteiger partial charge in [-0.2, -0.15) is 0 Å². The van der Waals surface area contributed by atoms with Gasteiger partial charge >= 0.3 is 0 Å². The number of hydrogen-bond acceptors (Lipinski definition) is 2. The highest BCUT2D eigenvalue weighted by Crippen LogP contribution is 2.55. The molecule has 4 aromatic rings. The number of carbonyl (C=O) groups is 2. The Morgan fingerprint density at radius 3 is 1.84 bits per heavy atom. The fourth-order valence-electron chi connectivity index (χ4n) is 7.92. The summed E-state index contributed by atoms with van der Waals surface area (Å²) in [5.41, 5.74) is 9.13. The molecule has 6 rings (SSSR count). The normalized spacial score (nSPS) is 14.7. The summed E-state index contributed by atoms with van der Waals surface area (Å²) >= 11 is 3.82. The molecule has 2 aliphatic rings. The number of unbranched alkanes of at least 4 members (excludes halogenated alkanes) is 7. The van der Waals surface area contributed by atoms with Crippen molar-refractivity contribution in [3.8, 4) is 22.3 Å². The Balaban J connectivity index is 1.49. The van der Waals surface area contributed by atoms with Crippen molar-refractivity contribution in [2.45, 2.75) is 103 Å². The van der Waals surface area contributed by atoms with Crippen molar-refractivity contribution in [2.24, 2.45) is 0 Å². The van der Waals surface area contributed by atoms with E-state index in [1.165, 1.54) is 78.5 Å². The van der Waals surface area contributed by atoms with Crippen molar-refractivity contribution >= 4 is 38.5 Å². The van der Waals surface area contributed by atoms with Crippen LogP contribution in [0.1, 0.15) is 130 Å². The third kappa shape index (κ3) is 5.69. The average Bonchev–Trinajstić information content (AvgIpc) is 3.31. The molecule has 0 radical (unpaired) electrons. The Morgan fingerprint density at radius 2 is 1.18 bits per heavy atom. The fraction of sp³-hybridized carbons (Fsp3) is 0.415. The van der Waals surface area contributed by atoms with E-state index < -0.39 is 0 Å². The molecule has 234 valence electrons. The number of halogens is 1. The van der Waals surface area contributed by atoms with E-state index in [1.54, 1.807) is 0 Å². The van der Waals surface area contributed by atoms with E-state index in [9.17, 15) is 9.59 Å². The Bertz CT molecular complexity index is 1700. The van der Waals surface area contributed by atoms with Crippen LogP contribution in [0, 0.1) is 0 Å². The summed E-state index contributed by atoms with van der Waals surface area (Å²) in [6.07, 6.45) is 14.0. The van der Waals surface area contributed by atoms with Crippen molar-refractivity contribution in [1.29, 1.82) is 0 Å². The Morgan fingerprint density at radius 1 is 0.600 bits per heavy atom. The van der Waals surface area contributed by atoms with Crippen molar-refractivity contribution in [1.82, 2.24) is 4.90 Å². The molecule has 0 bridgehead atoms. The van der Waals surface area contributed by atoms with Crippen LogP contribution in [0.25, 0.3) is 33.0 Å². The van der Waals surface area contributed by atoms with Gasteiger partial charge in [-0.3, -0.25) is 14.5 Å². The van der Waals surface area contributed by atoms with Gasteiger partial charge in [0.1, 0.15) is 0 Å². The van der Waals surface area contributed by atoms with E-state index in [2.05, 4.69) is 85.2 Å². The van der Waals surface area contributed by atoms with E-state index in [4.69, 9.17) is 0 Å². The van der Waals surface area contributed by atoms with Crippen LogP contribution in [0.3, 0.4) is 0 Å². The van der Waals surface area contributed by atoms with Gasteiger partial charge in [0, 0.05) is 32.9 Å². The minimum absolute atomic E-state index is 0.0238. The van der Waals surface area contributed by atoms with Crippen LogP contribution in [-0.2, 0) is 5.41 Å². The molecular formula is C41H46BrNO2. The van der Waals surface area contributed by atoms with Gasteiger partial charge in [-0.25, -0.2) is 0 Å². The van der Waals surface area contributed by atoms with Crippen molar-refractivity contribution in [3.63, 3.8) is 0 Å². The predicted molar refractivity (Wildman–Crippen MR) is 191 cm³/mol. The molecule has 0 saturated heterocycles. The van der Waals surface area contributed by atoms with E-state index in [0.29, 0.717) is 17.7 Å². The number of imide groups is 1. The second-order valence-corrected chi connectivity index (χ2v) is 14.1. The molecule has 4 heteroatoms. The fourth-order valence-corrected chi connectivity index (χ4v) is 8.28. The van der Waals surface area contributed by atoms with Crippen LogP contribution in [0.15, 0.2) is 71.2 Å². The first-order valence-corrected chi connectivity index (χ1v) is 18.1. The molecule has 3 nitrogen and oxygen atoms in total. The number of nitrogens with zero attached hydrogens (tertiary/aromatic N) is 1. The van der Waals surface area contributed by atoms with Gasteiger partial charge in [0.05, 0.1) is 0 Å².